The van der Waals surface area contributed by atoms with E-state index in [4.69, 9.17) is 0 Å². The van der Waals surface area contributed by atoms with E-state index < -0.39 is 0 Å². The van der Waals surface area contributed by atoms with E-state index in [1.165, 1.54) is 12.3 Å². The van der Waals surface area contributed by atoms with Crippen molar-refractivity contribution in [1.29, 1.82) is 0 Å². The van der Waals surface area contributed by atoms with E-state index in [9.17, 15) is 9.18 Å². The van der Waals surface area contributed by atoms with Crippen LogP contribution >= 0.6 is 0 Å². The Bertz CT molecular complexity index is 505. The summed E-state index contributed by atoms with van der Waals surface area (Å²) in [6, 6.07) is 6.34. The summed E-state index contributed by atoms with van der Waals surface area (Å²) in [4.78, 5) is 14.6. The molecular formula is C11H9FN2O. The molecule has 1 aromatic carbocycles. The summed E-state index contributed by atoms with van der Waals surface area (Å²) in [5.41, 5.74) is 0.821. The molecule has 2 aromatic rings. The molecule has 0 spiro atoms. The third-order valence-electron chi connectivity index (χ3n) is 2.26. The molecular weight excluding hydrogens is 195 g/mol. The number of rotatable bonds is 2. The Balaban J connectivity index is 2.59. The van der Waals surface area contributed by atoms with Crippen molar-refractivity contribution < 1.29 is 9.18 Å². The van der Waals surface area contributed by atoms with Crippen LogP contribution in [0.5, 0.6) is 0 Å². The minimum atomic E-state index is -0.344. The van der Waals surface area contributed by atoms with Gasteiger partial charge in [-0.2, -0.15) is 0 Å². The number of aldehydes is 1. The minimum absolute atomic E-state index is 0.344. The zero-order valence-electron chi connectivity index (χ0n) is 8.14. The van der Waals surface area contributed by atoms with E-state index in [2.05, 4.69) is 4.98 Å². The van der Waals surface area contributed by atoms with Gasteiger partial charge in [-0.3, -0.25) is 4.79 Å². The van der Waals surface area contributed by atoms with E-state index in [1.807, 2.05) is 0 Å². The smallest absolute Gasteiger partial charge is 0.168 e. The highest BCUT2D eigenvalue weighted by Gasteiger charge is 2.11. The Labute approximate surface area is 86.2 Å². The number of hydrogen-bond acceptors (Lipinski definition) is 2. The van der Waals surface area contributed by atoms with E-state index in [0.29, 0.717) is 23.4 Å². The van der Waals surface area contributed by atoms with Gasteiger partial charge >= 0.3 is 0 Å². The molecule has 15 heavy (non-hydrogen) atoms. The van der Waals surface area contributed by atoms with Gasteiger partial charge in [0.2, 0.25) is 0 Å². The summed E-state index contributed by atoms with van der Waals surface area (Å²) in [5, 5.41) is 0. The van der Waals surface area contributed by atoms with Gasteiger partial charge in [-0.15, -0.1) is 0 Å². The molecule has 0 bridgehead atoms. The van der Waals surface area contributed by atoms with Crippen LogP contribution in [-0.2, 0) is 7.05 Å². The molecule has 1 heterocycles. The van der Waals surface area contributed by atoms with Gasteiger partial charge in [0, 0.05) is 7.05 Å². The van der Waals surface area contributed by atoms with Crippen LogP contribution in [0.1, 0.15) is 10.5 Å². The molecule has 2 rings (SSSR count). The van der Waals surface area contributed by atoms with Gasteiger partial charge in [-0.1, -0.05) is 12.1 Å². The zero-order chi connectivity index (χ0) is 10.8. The highest BCUT2D eigenvalue weighted by Crippen LogP contribution is 2.20. The monoisotopic (exact) mass is 204 g/mol. The maximum absolute atomic E-state index is 13.4. The Morgan fingerprint density at radius 2 is 2.13 bits per heavy atom. The number of imidazole rings is 1. The Morgan fingerprint density at radius 3 is 2.73 bits per heavy atom. The highest BCUT2D eigenvalue weighted by molar-refractivity contribution is 5.74. The lowest BCUT2D eigenvalue weighted by Crippen LogP contribution is -1.98. The predicted octanol–water partition coefficient (Wildman–Crippen LogP) is 2.04. The molecule has 3 nitrogen and oxygen atoms in total. The van der Waals surface area contributed by atoms with Gasteiger partial charge in [-0.05, 0) is 12.1 Å². The molecule has 4 heteroatoms. The first kappa shape index (κ1) is 9.58. The van der Waals surface area contributed by atoms with Crippen molar-refractivity contribution in [2.24, 2.45) is 7.05 Å². The van der Waals surface area contributed by atoms with Crippen LogP contribution in [0.3, 0.4) is 0 Å². The molecule has 0 radical (unpaired) electrons. The fraction of sp³-hybridized carbons (Fsp3) is 0.0909. The molecule has 0 aliphatic rings. The summed E-state index contributed by atoms with van der Waals surface area (Å²) in [5.74, 6) is 0.110. The van der Waals surface area contributed by atoms with Crippen molar-refractivity contribution in [3.05, 3.63) is 42.0 Å². The number of halogens is 1. The van der Waals surface area contributed by atoms with Crippen LogP contribution in [0.4, 0.5) is 4.39 Å². The van der Waals surface area contributed by atoms with Crippen LogP contribution in [0.15, 0.2) is 30.5 Å². The second kappa shape index (κ2) is 3.65. The summed E-state index contributed by atoms with van der Waals surface area (Å²) in [6.45, 7) is 0. The molecule has 0 aliphatic carbocycles. The van der Waals surface area contributed by atoms with Crippen molar-refractivity contribution in [1.82, 2.24) is 9.55 Å². The minimum Gasteiger partial charge on any atom is -0.325 e. The van der Waals surface area contributed by atoms with Crippen LogP contribution < -0.4 is 0 Å². The van der Waals surface area contributed by atoms with E-state index in [-0.39, 0.29) is 5.82 Å². The molecule has 0 saturated carbocycles. The van der Waals surface area contributed by atoms with E-state index >= 15 is 0 Å². The number of carbonyl (C=O) groups excluding carboxylic acids is 1. The van der Waals surface area contributed by atoms with Crippen LogP contribution in [-0.4, -0.2) is 15.8 Å². The van der Waals surface area contributed by atoms with Gasteiger partial charge in [0.05, 0.1) is 11.8 Å². The third-order valence-corrected chi connectivity index (χ3v) is 2.26. The van der Waals surface area contributed by atoms with Gasteiger partial charge in [0.15, 0.2) is 6.29 Å². The second-order valence-electron chi connectivity index (χ2n) is 3.16. The lowest BCUT2D eigenvalue weighted by molar-refractivity contribution is 0.111. The molecule has 0 unspecified atom stereocenters. The standard InChI is InChI=1S/C11H9FN2O/c1-14-8(7-15)6-13-11(14)9-4-2-3-5-10(9)12/h2-7H,1H3. The van der Waals surface area contributed by atoms with Gasteiger partial charge in [-0.25, -0.2) is 9.37 Å². The average Bonchev–Trinajstić information content (AvgIpc) is 2.60. The number of aromatic nitrogens is 2. The lowest BCUT2D eigenvalue weighted by atomic mass is 10.2. The number of nitrogens with zero attached hydrogens (tertiary/aromatic N) is 2. The van der Waals surface area contributed by atoms with Gasteiger partial charge in [0.25, 0.3) is 0 Å². The second-order valence-corrected chi connectivity index (χ2v) is 3.16. The quantitative estimate of drug-likeness (QED) is 0.701. The first-order chi connectivity index (χ1) is 7.24. The maximum atomic E-state index is 13.4. The molecule has 76 valence electrons. The molecule has 0 fully saturated rings. The number of hydrogen-bond donors (Lipinski definition) is 0. The van der Waals surface area contributed by atoms with Crippen molar-refractivity contribution in [3.63, 3.8) is 0 Å². The van der Waals surface area contributed by atoms with Crippen LogP contribution in [0, 0.1) is 5.82 Å². The van der Waals surface area contributed by atoms with Gasteiger partial charge in [0.1, 0.15) is 17.3 Å². The molecule has 0 atom stereocenters. The molecule has 0 amide bonds. The summed E-state index contributed by atoms with van der Waals surface area (Å²) < 4.78 is 15.0. The van der Waals surface area contributed by atoms with Crippen LogP contribution in [0.2, 0.25) is 0 Å². The SMILES string of the molecule is Cn1c(C=O)cnc1-c1ccccc1F. The van der Waals surface area contributed by atoms with Crippen molar-refractivity contribution in [2.75, 3.05) is 0 Å². The largest absolute Gasteiger partial charge is 0.325 e. The normalized spacial score (nSPS) is 10.3. The maximum Gasteiger partial charge on any atom is 0.168 e. The van der Waals surface area contributed by atoms with E-state index in [1.54, 1.807) is 29.8 Å². The fourth-order valence-corrected chi connectivity index (χ4v) is 1.43. The number of benzene rings is 1. The number of carbonyl (C=O) groups is 1. The first-order valence-corrected chi connectivity index (χ1v) is 4.46. The summed E-state index contributed by atoms with van der Waals surface area (Å²) in [6.07, 6.45) is 2.12. The summed E-state index contributed by atoms with van der Waals surface area (Å²) >= 11 is 0. The van der Waals surface area contributed by atoms with Crippen molar-refractivity contribution in [2.45, 2.75) is 0 Å². The van der Waals surface area contributed by atoms with Crippen molar-refractivity contribution >= 4 is 6.29 Å². The zero-order valence-corrected chi connectivity index (χ0v) is 8.14. The molecule has 0 saturated heterocycles. The predicted molar refractivity (Wildman–Crippen MR) is 54.0 cm³/mol. The highest BCUT2D eigenvalue weighted by atomic mass is 19.1. The molecule has 1 aromatic heterocycles. The van der Waals surface area contributed by atoms with E-state index in [0.717, 1.165) is 0 Å². The fourth-order valence-electron chi connectivity index (χ4n) is 1.43. The topological polar surface area (TPSA) is 34.9 Å². The Morgan fingerprint density at radius 1 is 1.40 bits per heavy atom. The van der Waals surface area contributed by atoms with Crippen molar-refractivity contribution in [3.8, 4) is 11.4 Å². The Kier molecular flexibility index (Phi) is 2.33. The lowest BCUT2D eigenvalue weighted by Gasteiger charge is -2.03. The van der Waals surface area contributed by atoms with Gasteiger partial charge < -0.3 is 4.57 Å². The summed E-state index contributed by atoms with van der Waals surface area (Å²) in [7, 11) is 1.68. The third kappa shape index (κ3) is 1.54. The molecule has 0 aliphatic heterocycles. The molecule has 0 N–H and O–H groups in total. The Hall–Kier alpha value is -1.97. The van der Waals surface area contributed by atoms with Crippen LogP contribution in [0.25, 0.3) is 11.4 Å². The average molecular weight is 204 g/mol. The first-order valence-electron chi connectivity index (χ1n) is 4.46.